The molecule has 0 aromatic heterocycles. The number of nitriles is 1. The molecule has 0 spiro atoms. The molecule has 2 aromatic carbocycles. The first kappa shape index (κ1) is 21.0. The molecule has 1 saturated heterocycles. The van der Waals surface area contributed by atoms with Crippen molar-refractivity contribution in [1.29, 1.82) is 5.26 Å². The molecule has 11 heteroatoms. The van der Waals surface area contributed by atoms with E-state index >= 15 is 0 Å². The van der Waals surface area contributed by atoms with Gasteiger partial charge in [-0.3, -0.25) is 14.9 Å². The Morgan fingerprint density at radius 2 is 2.00 bits per heavy atom. The Balaban J connectivity index is 1.71. The highest BCUT2D eigenvalue weighted by Gasteiger charge is 2.37. The number of nitrogens with one attached hydrogen (secondary N) is 1. The molecule has 0 unspecified atom stereocenters. The van der Waals surface area contributed by atoms with E-state index in [4.69, 9.17) is 35.8 Å². The highest BCUT2D eigenvalue weighted by molar-refractivity contribution is 6.39. The van der Waals surface area contributed by atoms with Gasteiger partial charge >= 0.3 is 6.03 Å². The van der Waals surface area contributed by atoms with Crippen molar-refractivity contribution in [3.8, 4) is 29.1 Å². The molecule has 0 bridgehead atoms. The predicted molar refractivity (Wildman–Crippen MR) is 111 cm³/mol. The van der Waals surface area contributed by atoms with Crippen molar-refractivity contribution in [2.24, 2.45) is 0 Å². The van der Waals surface area contributed by atoms with Crippen molar-refractivity contribution in [3.63, 3.8) is 0 Å². The Morgan fingerprint density at radius 3 is 2.75 bits per heavy atom. The summed E-state index contributed by atoms with van der Waals surface area (Å²) in [5.41, 5.74) is 0.242. The third-order valence-electron chi connectivity index (χ3n) is 4.56. The summed E-state index contributed by atoms with van der Waals surface area (Å²) in [6.45, 7) is -0.219. The molecule has 0 saturated carbocycles. The number of rotatable bonds is 5. The molecule has 1 N–H and O–H groups in total. The summed E-state index contributed by atoms with van der Waals surface area (Å²) >= 11 is 6.22. The van der Waals surface area contributed by atoms with Gasteiger partial charge in [-0.15, -0.1) is 0 Å². The van der Waals surface area contributed by atoms with Gasteiger partial charge in [-0.2, -0.15) is 5.26 Å². The van der Waals surface area contributed by atoms with Crippen molar-refractivity contribution in [2.75, 3.05) is 25.4 Å². The van der Waals surface area contributed by atoms with Crippen LogP contribution in [-0.4, -0.2) is 38.4 Å². The van der Waals surface area contributed by atoms with Gasteiger partial charge in [0, 0.05) is 6.07 Å². The second kappa shape index (κ2) is 8.49. The molecule has 10 nitrogen and oxygen atoms in total. The maximum atomic E-state index is 13.1. The van der Waals surface area contributed by atoms with Gasteiger partial charge in [-0.25, -0.2) is 9.69 Å². The average molecular weight is 456 g/mol. The van der Waals surface area contributed by atoms with Gasteiger partial charge in [-0.1, -0.05) is 11.6 Å². The molecule has 2 aliphatic rings. The van der Waals surface area contributed by atoms with E-state index in [1.54, 1.807) is 6.07 Å². The van der Waals surface area contributed by atoms with Crippen molar-refractivity contribution in [1.82, 2.24) is 5.32 Å². The molecule has 0 aliphatic carbocycles. The van der Waals surface area contributed by atoms with Gasteiger partial charge in [-0.05, 0) is 35.9 Å². The highest BCUT2D eigenvalue weighted by atomic mass is 35.5. The second-order valence-corrected chi connectivity index (χ2v) is 6.88. The van der Waals surface area contributed by atoms with Crippen molar-refractivity contribution < 1.29 is 33.3 Å². The number of carbonyl (C=O) groups excluding carboxylic acids is 3. The van der Waals surface area contributed by atoms with Gasteiger partial charge < -0.3 is 18.9 Å². The molecule has 162 valence electrons. The number of carbonyl (C=O) groups is 3. The fourth-order valence-corrected chi connectivity index (χ4v) is 3.42. The van der Waals surface area contributed by atoms with Crippen LogP contribution in [0.5, 0.6) is 23.0 Å². The van der Waals surface area contributed by atoms with Crippen LogP contribution >= 0.6 is 11.6 Å². The van der Waals surface area contributed by atoms with Crippen LogP contribution in [-0.2, 0) is 9.59 Å². The highest BCUT2D eigenvalue weighted by Crippen LogP contribution is 2.38. The minimum absolute atomic E-state index is 0.0270. The molecule has 0 radical (unpaired) electrons. The Labute approximate surface area is 186 Å². The van der Waals surface area contributed by atoms with Crippen LogP contribution in [0, 0.1) is 11.3 Å². The zero-order chi connectivity index (χ0) is 22.8. The number of methoxy groups -OCH3 is 1. The third-order valence-corrected chi connectivity index (χ3v) is 4.84. The summed E-state index contributed by atoms with van der Waals surface area (Å²) in [6.07, 6.45) is 1.27. The van der Waals surface area contributed by atoms with E-state index < -0.39 is 17.8 Å². The summed E-state index contributed by atoms with van der Waals surface area (Å²) in [7, 11) is 1.38. The van der Waals surface area contributed by atoms with Crippen molar-refractivity contribution >= 4 is 41.2 Å². The summed E-state index contributed by atoms with van der Waals surface area (Å²) in [5, 5.41) is 11.0. The van der Waals surface area contributed by atoms with Gasteiger partial charge in [0.15, 0.2) is 29.6 Å². The number of benzene rings is 2. The van der Waals surface area contributed by atoms with Gasteiger partial charge in [0.25, 0.3) is 11.8 Å². The topological polar surface area (TPSA) is 127 Å². The zero-order valence-electron chi connectivity index (χ0n) is 16.5. The Kier molecular flexibility index (Phi) is 5.57. The maximum absolute atomic E-state index is 13.1. The zero-order valence-corrected chi connectivity index (χ0v) is 17.3. The number of ether oxygens (including phenoxy) is 4. The fourth-order valence-electron chi connectivity index (χ4n) is 3.15. The quantitative estimate of drug-likeness (QED) is 0.538. The van der Waals surface area contributed by atoms with Crippen LogP contribution in [0.2, 0.25) is 5.02 Å². The summed E-state index contributed by atoms with van der Waals surface area (Å²) in [6, 6.07) is 8.37. The summed E-state index contributed by atoms with van der Waals surface area (Å²) in [5.74, 6) is -0.503. The van der Waals surface area contributed by atoms with Crippen LogP contribution in [0.15, 0.2) is 35.9 Å². The Bertz CT molecular complexity index is 1220. The van der Waals surface area contributed by atoms with E-state index in [1.165, 1.54) is 37.5 Å². The van der Waals surface area contributed by atoms with Gasteiger partial charge in [0.05, 0.1) is 17.8 Å². The Hall–Kier alpha value is -4.23. The number of halogens is 1. The lowest BCUT2D eigenvalue weighted by Gasteiger charge is -2.26. The van der Waals surface area contributed by atoms with Gasteiger partial charge in [0.2, 0.25) is 6.79 Å². The van der Waals surface area contributed by atoms with Crippen LogP contribution in [0.3, 0.4) is 0 Å². The standard InChI is InChI=1S/C21H14ClN3O7/c1-29-17-8-11(7-14(22)18(17)30-5-4-23)6-13-19(26)24-21(28)25(20(13)27)12-2-3-15-16(9-12)32-10-31-15/h2-3,6-9H,5,10H2,1H3,(H,24,26,28)/b13-6+. The molecule has 0 atom stereocenters. The molecule has 4 rings (SSSR count). The monoisotopic (exact) mass is 455 g/mol. The molecule has 2 aromatic rings. The first-order valence-corrected chi connectivity index (χ1v) is 9.49. The number of amides is 4. The normalized spacial score (nSPS) is 16.1. The lowest BCUT2D eigenvalue weighted by molar-refractivity contribution is -0.122. The third kappa shape index (κ3) is 3.77. The second-order valence-electron chi connectivity index (χ2n) is 6.48. The van der Waals surface area contributed by atoms with E-state index in [2.05, 4.69) is 5.32 Å². The smallest absolute Gasteiger partial charge is 0.335 e. The summed E-state index contributed by atoms with van der Waals surface area (Å²) in [4.78, 5) is 38.7. The number of imide groups is 2. The number of anilines is 1. The lowest BCUT2D eigenvalue weighted by atomic mass is 10.1. The molecule has 32 heavy (non-hydrogen) atoms. The van der Waals surface area contributed by atoms with E-state index in [0.29, 0.717) is 17.1 Å². The number of urea groups is 1. The van der Waals surface area contributed by atoms with Crippen molar-refractivity contribution in [2.45, 2.75) is 0 Å². The Morgan fingerprint density at radius 1 is 1.22 bits per heavy atom. The first-order valence-electron chi connectivity index (χ1n) is 9.11. The van der Waals surface area contributed by atoms with E-state index in [0.717, 1.165) is 4.90 Å². The van der Waals surface area contributed by atoms with E-state index in [-0.39, 0.29) is 41.2 Å². The van der Waals surface area contributed by atoms with Crippen molar-refractivity contribution in [3.05, 3.63) is 46.5 Å². The van der Waals surface area contributed by atoms with Gasteiger partial charge in [0.1, 0.15) is 11.6 Å². The predicted octanol–water partition coefficient (Wildman–Crippen LogP) is 2.65. The van der Waals surface area contributed by atoms with Crippen LogP contribution in [0.25, 0.3) is 6.08 Å². The molecule has 1 fully saturated rings. The fraction of sp³-hybridized carbons (Fsp3) is 0.143. The number of barbiturate groups is 1. The number of fused-ring (bicyclic) bond motifs is 1. The molecule has 2 heterocycles. The van der Waals surface area contributed by atoms with Crippen LogP contribution in [0.1, 0.15) is 5.56 Å². The van der Waals surface area contributed by atoms with E-state index in [9.17, 15) is 14.4 Å². The molecule has 4 amide bonds. The minimum Gasteiger partial charge on any atom is -0.493 e. The number of nitrogens with zero attached hydrogens (tertiary/aromatic N) is 2. The minimum atomic E-state index is -0.896. The average Bonchev–Trinajstić information content (AvgIpc) is 3.23. The number of hydrogen-bond acceptors (Lipinski definition) is 8. The summed E-state index contributed by atoms with van der Waals surface area (Å²) < 4.78 is 21.0. The van der Waals surface area contributed by atoms with E-state index in [1.807, 2.05) is 6.07 Å². The SMILES string of the molecule is COc1cc(/C=C2\C(=O)NC(=O)N(c3ccc4c(c3)OCO4)C2=O)cc(Cl)c1OCC#N. The molecular weight excluding hydrogens is 442 g/mol. The lowest BCUT2D eigenvalue weighted by Crippen LogP contribution is -2.54. The maximum Gasteiger partial charge on any atom is 0.335 e. The number of hydrogen-bond donors (Lipinski definition) is 1. The van der Waals surface area contributed by atoms with Crippen LogP contribution in [0.4, 0.5) is 10.5 Å². The first-order chi connectivity index (χ1) is 15.4. The molecule has 2 aliphatic heterocycles. The van der Waals surface area contributed by atoms with Crippen LogP contribution < -0.4 is 29.2 Å². The largest absolute Gasteiger partial charge is 0.493 e. The molecular formula is C21H14ClN3O7.